The molecule has 0 radical (unpaired) electrons. The van der Waals surface area contributed by atoms with Crippen LogP contribution in [-0.4, -0.2) is 34.1 Å². The zero-order valence-corrected chi connectivity index (χ0v) is 12.7. The standard InChI is InChI=1S/C14H25N5O/c1-4-19(5-2)13-16-12(15)17-14(18-13)20-11-8-6-10(3)7-9-11/h10-11H,4-9H2,1-3H3,(H2,15,16,17,18). The number of aromatic nitrogens is 3. The van der Waals surface area contributed by atoms with Crippen LogP contribution in [0.1, 0.15) is 46.5 Å². The Morgan fingerprint density at radius 1 is 1.10 bits per heavy atom. The molecule has 6 heteroatoms. The second kappa shape index (κ2) is 6.72. The lowest BCUT2D eigenvalue weighted by atomic mass is 9.89. The minimum Gasteiger partial charge on any atom is -0.460 e. The van der Waals surface area contributed by atoms with Crippen molar-refractivity contribution in [3.8, 4) is 6.01 Å². The summed E-state index contributed by atoms with van der Waals surface area (Å²) >= 11 is 0. The van der Waals surface area contributed by atoms with Crippen LogP contribution in [0.2, 0.25) is 0 Å². The molecule has 0 bridgehead atoms. The van der Waals surface area contributed by atoms with Gasteiger partial charge in [0, 0.05) is 13.1 Å². The molecule has 1 saturated carbocycles. The van der Waals surface area contributed by atoms with Crippen molar-refractivity contribution >= 4 is 11.9 Å². The Morgan fingerprint density at radius 2 is 1.75 bits per heavy atom. The second-order valence-electron chi connectivity index (χ2n) is 5.45. The molecule has 0 spiro atoms. The van der Waals surface area contributed by atoms with Crippen molar-refractivity contribution in [3.05, 3.63) is 0 Å². The van der Waals surface area contributed by atoms with E-state index in [0.717, 1.165) is 31.8 Å². The van der Waals surface area contributed by atoms with E-state index in [4.69, 9.17) is 10.5 Å². The maximum atomic E-state index is 5.90. The van der Waals surface area contributed by atoms with Gasteiger partial charge in [-0.25, -0.2) is 0 Å². The van der Waals surface area contributed by atoms with E-state index in [0.29, 0.717) is 12.0 Å². The van der Waals surface area contributed by atoms with Crippen LogP contribution in [-0.2, 0) is 0 Å². The van der Waals surface area contributed by atoms with E-state index in [2.05, 4.69) is 35.7 Å². The SMILES string of the molecule is CCN(CC)c1nc(N)nc(OC2CCC(C)CC2)n1. The molecule has 0 aliphatic heterocycles. The summed E-state index contributed by atoms with van der Waals surface area (Å²) < 4.78 is 5.90. The van der Waals surface area contributed by atoms with Gasteiger partial charge in [-0.15, -0.1) is 0 Å². The van der Waals surface area contributed by atoms with Crippen molar-refractivity contribution in [2.45, 2.75) is 52.6 Å². The van der Waals surface area contributed by atoms with Crippen molar-refractivity contribution in [1.82, 2.24) is 15.0 Å². The van der Waals surface area contributed by atoms with Crippen LogP contribution < -0.4 is 15.4 Å². The molecule has 0 atom stereocenters. The fourth-order valence-electron chi connectivity index (χ4n) is 2.56. The predicted octanol–water partition coefficient (Wildman–Crippen LogP) is 2.26. The number of rotatable bonds is 5. The summed E-state index contributed by atoms with van der Waals surface area (Å²) in [7, 11) is 0. The van der Waals surface area contributed by atoms with Gasteiger partial charge in [0.25, 0.3) is 0 Å². The highest BCUT2D eigenvalue weighted by Crippen LogP contribution is 2.26. The van der Waals surface area contributed by atoms with Crippen LogP contribution >= 0.6 is 0 Å². The molecule has 0 unspecified atom stereocenters. The average Bonchev–Trinajstić information content (AvgIpc) is 2.42. The van der Waals surface area contributed by atoms with Crippen molar-refractivity contribution < 1.29 is 4.74 Å². The van der Waals surface area contributed by atoms with E-state index in [1.807, 2.05) is 4.90 Å². The number of nitrogens with two attached hydrogens (primary N) is 1. The molecule has 0 amide bonds. The van der Waals surface area contributed by atoms with Gasteiger partial charge in [0.05, 0.1) is 0 Å². The first-order valence-corrected chi connectivity index (χ1v) is 7.55. The van der Waals surface area contributed by atoms with Crippen molar-refractivity contribution in [3.63, 3.8) is 0 Å². The minimum absolute atomic E-state index is 0.206. The van der Waals surface area contributed by atoms with Gasteiger partial charge in [-0.3, -0.25) is 0 Å². The number of ether oxygens (including phenoxy) is 1. The number of hydrogen-bond donors (Lipinski definition) is 1. The van der Waals surface area contributed by atoms with Crippen LogP contribution in [0.15, 0.2) is 0 Å². The lowest BCUT2D eigenvalue weighted by molar-refractivity contribution is 0.124. The van der Waals surface area contributed by atoms with Crippen molar-refractivity contribution in [1.29, 1.82) is 0 Å². The first-order chi connectivity index (χ1) is 9.62. The molecule has 1 aliphatic carbocycles. The molecule has 1 heterocycles. The Morgan fingerprint density at radius 3 is 2.35 bits per heavy atom. The Hall–Kier alpha value is -1.59. The molecule has 1 aromatic heterocycles. The summed E-state index contributed by atoms with van der Waals surface area (Å²) in [5.74, 6) is 1.62. The van der Waals surface area contributed by atoms with Gasteiger partial charge < -0.3 is 15.4 Å². The quantitative estimate of drug-likeness (QED) is 0.890. The summed E-state index contributed by atoms with van der Waals surface area (Å²) in [5.41, 5.74) is 5.76. The van der Waals surface area contributed by atoms with Crippen molar-refractivity contribution in [2.24, 2.45) is 5.92 Å². The van der Waals surface area contributed by atoms with E-state index in [1.54, 1.807) is 0 Å². The van der Waals surface area contributed by atoms with Crippen LogP contribution in [0.5, 0.6) is 6.01 Å². The largest absolute Gasteiger partial charge is 0.460 e. The molecule has 1 aromatic rings. The molecular weight excluding hydrogens is 254 g/mol. The van der Waals surface area contributed by atoms with Gasteiger partial charge in [0.1, 0.15) is 6.10 Å². The third-order valence-electron chi connectivity index (χ3n) is 3.90. The van der Waals surface area contributed by atoms with Crippen molar-refractivity contribution in [2.75, 3.05) is 23.7 Å². The highest BCUT2D eigenvalue weighted by atomic mass is 16.5. The molecule has 2 N–H and O–H groups in total. The molecule has 6 nitrogen and oxygen atoms in total. The molecule has 112 valence electrons. The lowest BCUT2D eigenvalue weighted by Crippen LogP contribution is -2.27. The molecule has 20 heavy (non-hydrogen) atoms. The zero-order valence-electron chi connectivity index (χ0n) is 12.7. The molecule has 1 fully saturated rings. The van der Waals surface area contributed by atoms with E-state index >= 15 is 0 Å². The third kappa shape index (κ3) is 3.71. The monoisotopic (exact) mass is 279 g/mol. The molecule has 0 aromatic carbocycles. The smallest absolute Gasteiger partial charge is 0.323 e. The third-order valence-corrected chi connectivity index (χ3v) is 3.90. The van der Waals surface area contributed by atoms with Gasteiger partial charge in [0.15, 0.2) is 0 Å². The lowest BCUT2D eigenvalue weighted by Gasteiger charge is -2.26. The maximum absolute atomic E-state index is 5.90. The maximum Gasteiger partial charge on any atom is 0.323 e. The Kier molecular flexibility index (Phi) is 4.98. The Labute approximate surface area is 120 Å². The number of anilines is 2. The van der Waals surface area contributed by atoms with E-state index in [1.165, 1.54) is 12.8 Å². The minimum atomic E-state index is 0.206. The second-order valence-corrected chi connectivity index (χ2v) is 5.45. The number of nitrogen functional groups attached to an aromatic ring is 1. The summed E-state index contributed by atoms with van der Waals surface area (Å²) in [6.45, 7) is 8.08. The fourth-order valence-corrected chi connectivity index (χ4v) is 2.56. The van der Waals surface area contributed by atoms with Gasteiger partial charge in [0.2, 0.25) is 11.9 Å². The number of hydrogen-bond acceptors (Lipinski definition) is 6. The van der Waals surface area contributed by atoms with Gasteiger partial charge in [-0.2, -0.15) is 15.0 Å². The van der Waals surface area contributed by atoms with Gasteiger partial charge in [-0.1, -0.05) is 6.92 Å². The molecule has 1 aliphatic rings. The average molecular weight is 279 g/mol. The van der Waals surface area contributed by atoms with Gasteiger partial charge >= 0.3 is 6.01 Å². The number of nitrogens with zero attached hydrogens (tertiary/aromatic N) is 4. The van der Waals surface area contributed by atoms with Crippen LogP contribution in [0.3, 0.4) is 0 Å². The normalized spacial score (nSPS) is 22.6. The fraction of sp³-hybridized carbons (Fsp3) is 0.786. The topological polar surface area (TPSA) is 77.2 Å². The summed E-state index contributed by atoms with van der Waals surface area (Å²) in [6.07, 6.45) is 4.74. The van der Waals surface area contributed by atoms with Crippen LogP contribution in [0.4, 0.5) is 11.9 Å². The first kappa shape index (κ1) is 14.8. The van der Waals surface area contributed by atoms with Crippen LogP contribution in [0, 0.1) is 5.92 Å². The van der Waals surface area contributed by atoms with Crippen LogP contribution in [0.25, 0.3) is 0 Å². The van der Waals surface area contributed by atoms with E-state index < -0.39 is 0 Å². The molecule has 0 saturated heterocycles. The molecule has 2 rings (SSSR count). The zero-order chi connectivity index (χ0) is 14.5. The Balaban J connectivity index is 2.07. The first-order valence-electron chi connectivity index (χ1n) is 7.55. The molecular formula is C14H25N5O. The predicted molar refractivity (Wildman–Crippen MR) is 79.8 cm³/mol. The van der Waals surface area contributed by atoms with E-state index in [-0.39, 0.29) is 12.1 Å². The highest BCUT2D eigenvalue weighted by molar-refractivity contribution is 5.35. The van der Waals surface area contributed by atoms with Gasteiger partial charge in [-0.05, 0) is 45.4 Å². The summed E-state index contributed by atoms with van der Waals surface area (Å²) in [5, 5.41) is 0. The summed E-state index contributed by atoms with van der Waals surface area (Å²) in [6, 6.07) is 0.360. The Bertz CT molecular complexity index is 428. The summed E-state index contributed by atoms with van der Waals surface area (Å²) in [4.78, 5) is 14.7. The highest BCUT2D eigenvalue weighted by Gasteiger charge is 2.21. The van der Waals surface area contributed by atoms with E-state index in [9.17, 15) is 0 Å².